The minimum absolute atomic E-state index is 0.363. The average molecular weight is 265 g/mol. The minimum atomic E-state index is -0.389. The first-order valence-corrected chi connectivity index (χ1v) is 5.99. The fourth-order valence-electron chi connectivity index (χ4n) is 2.13. The van der Waals surface area contributed by atoms with Gasteiger partial charge >= 0.3 is 5.69 Å². The molecule has 0 N–H and O–H groups in total. The number of aromatic nitrogens is 4. The van der Waals surface area contributed by atoms with Crippen LogP contribution in [0.5, 0.6) is 0 Å². The molecular formula is C14H11N5O. The summed E-state index contributed by atoms with van der Waals surface area (Å²) in [5.41, 5.74) is 2.86. The molecule has 2 aromatic heterocycles. The largest absolute Gasteiger partial charge is 0.347 e. The zero-order valence-corrected chi connectivity index (χ0v) is 11.0. The Hall–Kier alpha value is -2.94. The average Bonchev–Trinajstić information content (AvgIpc) is 2.82. The molecule has 1 aromatic carbocycles. The van der Waals surface area contributed by atoms with E-state index < -0.39 is 0 Å². The van der Waals surface area contributed by atoms with Gasteiger partial charge in [0.25, 0.3) is 0 Å². The Balaban J connectivity index is 2.28. The van der Waals surface area contributed by atoms with Crippen molar-refractivity contribution in [3.8, 4) is 17.3 Å². The number of hydrogen-bond acceptors (Lipinski definition) is 4. The van der Waals surface area contributed by atoms with Gasteiger partial charge in [-0.05, 0) is 12.1 Å². The summed E-state index contributed by atoms with van der Waals surface area (Å²) in [6.45, 7) is 0. The van der Waals surface area contributed by atoms with E-state index in [9.17, 15) is 10.1 Å². The highest BCUT2D eigenvalue weighted by molar-refractivity contribution is 5.82. The molecule has 3 rings (SSSR count). The van der Waals surface area contributed by atoms with Crippen molar-refractivity contribution in [2.24, 2.45) is 14.1 Å². The van der Waals surface area contributed by atoms with Crippen molar-refractivity contribution >= 4 is 11.0 Å². The molecule has 0 aliphatic heterocycles. The summed E-state index contributed by atoms with van der Waals surface area (Å²) in [4.78, 5) is 19.9. The second-order valence-corrected chi connectivity index (χ2v) is 4.57. The Morgan fingerprint density at radius 2 is 2.05 bits per heavy atom. The van der Waals surface area contributed by atoms with Crippen LogP contribution in [0.25, 0.3) is 22.3 Å². The number of imidazole rings is 1. The van der Waals surface area contributed by atoms with Crippen LogP contribution in [0.3, 0.4) is 0 Å². The first-order valence-electron chi connectivity index (χ1n) is 5.99. The van der Waals surface area contributed by atoms with Gasteiger partial charge in [-0.25, -0.2) is 9.78 Å². The van der Waals surface area contributed by atoms with E-state index in [0.717, 1.165) is 11.0 Å². The number of benzene rings is 1. The molecular weight excluding hydrogens is 254 g/mol. The Morgan fingerprint density at radius 3 is 2.80 bits per heavy atom. The van der Waals surface area contributed by atoms with Crippen molar-refractivity contribution in [1.82, 2.24) is 19.1 Å². The van der Waals surface area contributed by atoms with E-state index >= 15 is 0 Å². The molecule has 0 saturated carbocycles. The van der Waals surface area contributed by atoms with Crippen molar-refractivity contribution in [3.05, 3.63) is 46.8 Å². The lowest BCUT2D eigenvalue weighted by atomic mass is 10.1. The van der Waals surface area contributed by atoms with Crippen LogP contribution in [0.1, 0.15) is 5.56 Å². The van der Waals surface area contributed by atoms with Crippen molar-refractivity contribution < 1.29 is 0 Å². The Kier molecular flexibility index (Phi) is 2.61. The first-order chi connectivity index (χ1) is 9.60. The molecule has 0 aliphatic carbocycles. The van der Waals surface area contributed by atoms with Gasteiger partial charge in [0, 0.05) is 25.9 Å². The lowest BCUT2D eigenvalue weighted by Gasteiger charge is -2.05. The SMILES string of the molecule is Cn1cc(C#N)c(-c2ccc3c(c2)ncn3C)nc1=O. The van der Waals surface area contributed by atoms with Crippen molar-refractivity contribution in [2.45, 2.75) is 0 Å². The number of rotatable bonds is 1. The summed E-state index contributed by atoms with van der Waals surface area (Å²) < 4.78 is 3.20. The summed E-state index contributed by atoms with van der Waals surface area (Å²) in [6, 6.07) is 7.64. The standard InChI is InChI=1S/C14H11N5O/c1-18-7-10(6-15)13(17-14(18)20)9-3-4-12-11(5-9)16-8-19(12)2/h3-5,7-8H,1-2H3. The highest BCUT2D eigenvalue weighted by Crippen LogP contribution is 2.23. The van der Waals surface area contributed by atoms with Crippen LogP contribution in [0.15, 0.2) is 35.5 Å². The fraction of sp³-hybridized carbons (Fsp3) is 0.143. The second-order valence-electron chi connectivity index (χ2n) is 4.57. The van der Waals surface area contributed by atoms with Crippen LogP contribution in [0, 0.1) is 11.3 Å². The van der Waals surface area contributed by atoms with Crippen LogP contribution in [-0.4, -0.2) is 19.1 Å². The van der Waals surface area contributed by atoms with Gasteiger partial charge in [-0.3, -0.25) is 0 Å². The summed E-state index contributed by atoms with van der Waals surface area (Å²) in [6.07, 6.45) is 3.21. The molecule has 0 saturated heterocycles. The van der Waals surface area contributed by atoms with E-state index in [-0.39, 0.29) is 5.69 Å². The highest BCUT2D eigenvalue weighted by Gasteiger charge is 2.11. The summed E-state index contributed by atoms with van der Waals surface area (Å²) in [5, 5.41) is 9.19. The topological polar surface area (TPSA) is 76.5 Å². The zero-order chi connectivity index (χ0) is 14.3. The van der Waals surface area contributed by atoms with E-state index in [1.54, 1.807) is 13.4 Å². The molecule has 0 atom stereocenters. The predicted molar refractivity (Wildman–Crippen MR) is 73.9 cm³/mol. The van der Waals surface area contributed by atoms with Gasteiger partial charge in [0.1, 0.15) is 6.07 Å². The number of nitrogens with zero attached hydrogens (tertiary/aromatic N) is 5. The molecule has 20 heavy (non-hydrogen) atoms. The van der Waals surface area contributed by atoms with Gasteiger partial charge in [0.15, 0.2) is 0 Å². The van der Waals surface area contributed by atoms with E-state index in [1.807, 2.05) is 29.8 Å². The smallest absolute Gasteiger partial charge is 0.334 e. The fourth-order valence-corrected chi connectivity index (χ4v) is 2.13. The molecule has 2 heterocycles. The number of fused-ring (bicyclic) bond motifs is 1. The van der Waals surface area contributed by atoms with Crippen LogP contribution < -0.4 is 5.69 Å². The molecule has 0 spiro atoms. The van der Waals surface area contributed by atoms with Crippen molar-refractivity contribution in [3.63, 3.8) is 0 Å². The molecule has 6 heteroatoms. The molecule has 0 unspecified atom stereocenters. The van der Waals surface area contributed by atoms with E-state index in [1.165, 1.54) is 10.8 Å². The summed E-state index contributed by atoms with van der Waals surface area (Å²) in [5.74, 6) is 0. The van der Waals surface area contributed by atoms with Gasteiger partial charge < -0.3 is 9.13 Å². The van der Waals surface area contributed by atoms with E-state index in [0.29, 0.717) is 16.8 Å². The first kappa shape index (κ1) is 12.1. The molecule has 0 amide bonds. The van der Waals surface area contributed by atoms with Gasteiger partial charge in [0.05, 0.1) is 28.6 Å². The van der Waals surface area contributed by atoms with Gasteiger partial charge in [-0.1, -0.05) is 6.07 Å². The molecule has 0 fully saturated rings. The predicted octanol–water partition coefficient (Wildman–Crippen LogP) is 1.21. The maximum Gasteiger partial charge on any atom is 0.347 e. The number of hydrogen-bond donors (Lipinski definition) is 0. The maximum atomic E-state index is 11.7. The maximum absolute atomic E-state index is 11.7. The molecule has 0 aliphatic rings. The molecule has 0 bridgehead atoms. The lowest BCUT2D eigenvalue weighted by Crippen LogP contribution is -2.20. The van der Waals surface area contributed by atoms with Crippen molar-refractivity contribution in [2.75, 3.05) is 0 Å². The Morgan fingerprint density at radius 1 is 1.25 bits per heavy atom. The van der Waals surface area contributed by atoms with Crippen LogP contribution >= 0.6 is 0 Å². The third kappa shape index (κ3) is 1.77. The summed E-state index contributed by atoms with van der Waals surface area (Å²) >= 11 is 0. The third-order valence-corrected chi connectivity index (χ3v) is 3.21. The van der Waals surface area contributed by atoms with Gasteiger partial charge in [0.2, 0.25) is 0 Å². The molecule has 6 nitrogen and oxygen atoms in total. The lowest BCUT2D eigenvalue weighted by molar-refractivity contribution is 0.809. The van der Waals surface area contributed by atoms with E-state index in [2.05, 4.69) is 16.0 Å². The zero-order valence-electron chi connectivity index (χ0n) is 11.0. The quantitative estimate of drug-likeness (QED) is 0.662. The highest BCUT2D eigenvalue weighted by atomic mass is 16.1. The number of aryl methyl sites for hydroxylation is 2. The number of nitriles is 1. The monoisotopic (exact) mass is 265 g/mol. The van der Waals surface area contributed by atoms with Crippen LogP contribution in [0.2, 0.25) is 0 Å². The third-order valence-electron chi connectivity index (χ3n) is 3.21. The van der Waals surface area contributed by atoms with Crippen molar-refractivity contribution in [1.29, 1.82) is 5.26 Å². The molecule has 0 radical (unpaired) electrons. The Bertz CT molecular complexity index is 913. The van der Waals surface area contributed by atoms with Crippen LogP contribution in [-0.2, 0) is 14.1 Å². The molecule has 3 aromatic rings. The minimum Gasteiger partial charge on any atom is -0.334 e. The van der Waals surface area contributed by atoms with Gasteiger partial charge in [-0.15, -0.1) is 0 Å². The summed E-state index contributed by atoms with van der Waals surface area (Å²) in [7, 11) is 3.48. The Labute approximate surface area is 114 Å². The molecule has 98 valence electrons. The van der Waals surface area contributed by atoms with Gasteiger partial charge in [-0.2, -0.15) is 10.2 Å². The normalized spacial score (nSPS) is 10.7. The van der Waals surface area contributed by atoms with Crippen LogP contribution in [0.4, 0.5) is 0 Å². The van der Waals surface area contributed by atoms with E-state index in [4.69, 9.17) is 0 Å². The second kappa shape index (κ2) is 4.31.